The van der Waals surface area contributed by atoms with Gasteiger partial charge in [0, 0.05) is 0 Å². The SMILES string of the molecule is CC(C)C1CCC[CH]1[Mg][Br]. The smallest absolute Gasteiger partial charge is 0.306 e. The average Bonchev–Trinajstić information content (AvgIpc) is 2.33. The first-order valence-corrected chi connectivity index (χ1v) is 9.03. The second-order valence-corrected chi connectivity index (χ2v) is 7.05. The number of halogens is 1. The van der Waals surface area contributed by atoms with E-state index in [1.54, 1.807) is 0 Å². The quantitative estimate of drug-likeness (QED) is 0.620. The molecular weight excluding hydrogens is 200 g/mol. The Kier molecular flexibility index (Phi) is 4.03. The van der Waals surface area contributed by atoms with Crippen LogP contribution < -0.4 is 0 Å². The molecular formula is C8H15BrMg. The molecule has 0 heterocycles. The lowest BCUT2D eigenvalue weighted by Gasteiger charge is -2.20. The molecule has 0 aromatic heterocycles. The molecule has 1 fully saturated rings. The van der Waals surface area contributed by atoms with Gasteiger partial charge in [-0.3, -0.25) is 0 Å². The van der Waals surface area contributed by atoms with Gasteiger partial charge in [0.15, 0.2) is 0 Å². The molecule has 1 aliphatic rings. The van der Waals surface area contributed by atoms with Crippen LogP contribution in [0, 0.1) is 11.8 Å². The fraction of sp³-hybridized carbons (Fsp3) is 1.00. The summed E-state index contributed by atoms with van der Waals surface area (Å²) in [5.74, 6) is 1.99. The van der Waals surface area contributed by atoms with E-state index in [1.165, 1.54) is 19.3 Å². The van der Waals surface area contributed by atoms with Crippen LogP contribution in [0.4, 0.5) is 0 Å². The van der Waals surface area contributed by atoms with Crippen LogP contribution in [0.2, 0.25) is 4.05 Å². The highest BCUT2D eigenvalue weighted by molar-refractivity contribution is 9.23. The first-order chi connectivity index (χ1) is 4.75. The van der Waals surface area contributed by atoms with Crippen molar-refractivity contribution in [2.75, 3.05) is 0 Å². The van der Waals surface area contributed by atoms with E-state index in [4.69, 9.17) is 0 Å². The summed E-state index contributed by atoms with van der Waals surface area (Å²) in [4.78, 5) is 0. The van der Waals surface area contributed by atoms with Crippen LogP contribution in [0.1, 0.15) is 33.1 Å². The van der Waals surface area contributed by atoms with Gasteiger partial charge < -0.3 is 12.9 Å². The summed E-state index contributed by atoms with van der Waals surface area (Å²) < 4.78 is 1.11. The molecule has 2 unspecified atom stereocenters. The van der Waals surface area contributed by atoms with E-state index in [-0.39, 0.29) is 18.2 Å². The summed E-state index contributed by atoms with van der Waals surface area (Å²) in [6.07, 6.45) is 4.51. The van der Waals surface area contributed by atoms with Gasteiger partial charge in [-0.25, -0.2) is 0 Å². The van der Waals surface area contributed by atoms with E-state index in [9.17, 15) is 0 Å². The first kappa shape index (κ1) is 9.34. The van der Waals surface area contributed by atoms with Crippen molar-refractivity contribution < 1.29 is 0 Å². The van der Waals surface area contributed by atoms with E-state index in [1.807, 2.05) is 0 Å². The van der Waals surface area contributed by atoms with Gasteiger partial charge in [-0.05, 0) is 5.92 Å². The Labute approximate surface area is 79.7 Å². The van der Waals surface area contributed by atoms with Crippen LogP contribution >= 0.6 is 12.9 Å². The molecule has 0 aromatic rings. The molecule has 0 aliphatic heterocycles. The molecule has 0 radical (unpaired) electrons. The van der Waals surface area contributed by atoms with Gasteiger partial charge in [0.1, 0.15) is 0 Å². The lowest BCUT2D eigenvalue weighted by Crippen LogP contribution is -2.11. The van der Waals surface area contributed by atoms with E-state index in [0.717, 1.165) is 15.9 Å². The maximum atomic E-state index is 3.72. The fourth-order valence-corrected chi connectivity index (χ4v) is 6.00. The van der Waals surface area contributed by atoms with Crippen molar-refractivity contribution >= 4 is 31.1 Å². The third-order valence-corrected chi connectivity index (χ3v) is 6.68. The largest absolute Gasteiger partial charge is 0.472 e. The minimum Gasteiger partial charge on any atom is -0.306 e. The third kappa shape index (κ3) is 2.11. The third-order valence-electron chi connectivity index (χ3n) is 2.77. The molecule has 0 aromatic carbocycles. The van der Waals surface area contributed by atoms with Gasteiger partial charge in [0.2, 0.25) is 0 Å². The van der Waals surface area contributed by atoms with Crippen LogP contribution in [0.25, 0.3) is 0 Å². The Morgan fingerprint density at radius 3 is 2.50 bits per heavy atom. The first-order valence-electron chi connectivity index (χ1n) is 4.31. The summed E-state index contributed by atoms with van der Waals surface area (Å²) >= 11 is 3.84. The summed E-state index contributed by atoms with van der Waals surface area (Å²) in [6.45, 7) is 4.75. The Hall–Kier alpha value is 1.25. The topological polar surface area (TPSA) is 0 Å². The summed E-state index contributed by atoms with van der Waals surface area (Å²) in [6, 6.07) is 0. The fourth-order valence-electron chi connectivity index (χ4n) is 2.13. The van der Waals surface area contributed by atoms with E-state index in [2.05, 4.69) is 26.7 Å². The van der Waals surface area contributed by atoms with Crippen LogP contribution in [-0.4, -0.2) is 18.2 Å². The van der Waals surface area contributed by atoms with Crippen molar-refractivity contribution in [2.24, 2.45) is 11.8 Å². The van der Waals surface area contributed by atoms with Crippen molar-refractivity contribution in [2.45, 2.75) is 37.2 Å². The molecule has 0 bridgehead atoms. The van der Waals surface area contributed by atoms with Gasteiger partial charge in [0.05, 0.1) is 0 Å². The van der Waals surface area contributed by atoms with Crippen LogP contribution in [-0.2, 0) is 0 Å². The lowest BCUT2D eigenvalue weighted by molar-refractivity contribution is 0.396. The predicted octanol–water partition coefficient (Wildman–Crippen LogP) is 3.25. The van der Waals surface area contributed by atoms with E-state index >= 15 is 0 Å². The molecule has 0 saturated heterocycles. The molecule has 2 atom stereocenters. The molecule has 1 saturated carbocycles. The summed E-state index contributed by atoms with van der Waals surface area (Å²) in [7, 11) is 0. The zero-order chi connectivity index (χ0) is 7.56. The van der Waals surface area contributed by atoms with Crippen LogP contribution in [0.5, 0.6) is 0 Å². The molecule has 1 rings (SSSR count). The second-order valence-electron chi connectivity index (χ2n) is 3.75. The highest BCUT2D eigenvalue weighted by Gasteiger charge is 2.28. The maximum absolute atomic E-state index is 3.72. The van der Waals surface area contributed by atoms with Crippen LogP contribution in [0.3, 0.4) is 0 Å². The molecule has 0 N–H and O–H groups in total. The predicted molar refractivity (Wildman–Crippen MR) is 50.6 cm³/mol. The zero-order valence-electron chi connectivity index (χ0n) is 6.94. The van der Waals surface area contributed by atoms with Gasteiger partial charge in [0.25, 0.3) is 0 Å². The molecule has 0 amide bonds. The lowest BCUT2D eigenvalue weighted by atomic mass is 9.94. The minimum absolute atomic E-state index is 0.113. The minimum atomic E-state index is 0.113. The molecule has 0 spiro atoms. The Balaban J connectivity index is 2.42. The Bertz CT molecular complexity index is 103. The van der Waals surface area contributed by atoms with Gasteiger partial charge in [-0.2, -0.15) is 0 Å². The Morgan fingerprint density at radius 1 is 1.40 bits per heavy atom. The standard InChI is InChI=1S/C8H15.BrH.Mg/c1-7(2)8-5-3-4-6-8;;/h5,7-8H,3-4,6H2,1-2H3;1H;/q;;+1/p-1. The number of hydrogen-bond donors (Lipinski definition) is 0. The average molecular weight is 215 g/mol. The van der Waals surface area contributed by atoms with Gasteiger partial charge in [-0.1, -0.05) is 39.0 Å². The number of rotatable bonds is 2. The molecule has 0 nitrogen and oxygen atoms in total. The molecule has 2 heteroatoms. The highest BCUT2D eigenvalue weighted by Crippen LogP contribution is 2.41. The Morgan fingerprint density at radius 2 is 2.10 bits per heavy atom. The molecule has 10 heavy (non-hydrogen) atoms. The second kappa shape index (κ2) is 4.32. The normalized spacial score (nSPS) is 32.8. The molecule has 1 aliphatic carbocycles. The highest BCUT2D eigenvalue weighted by atomic mass is 79.9. The van der Waals surface area contributed by atoms with Crippen molar-refractivity contribution in [3.8, 4) is 0 Å². The van der Waals surface area contributed by atoms with Crippen molar-refractivity contribution in [3.63, 3.8) is 0 Å². The number of hydrogen-bond acceptors (Lipinski definition) is 0. The van der Waals surface area contributed by atoms with E-state index < -0.39 is 0 Å². The van der Waals surface area contributed by atoms with Gasteiger partial charge >= 0.3 is 18.2 Å². The maximum Gasteiger partial charge on any atom is 0.472 e. The monoisotopic (exact) mass is 214 g/mol. The summed E-state index contributed by atoms with van der Waals surface area (Å²) in [5, 5.41) is 0. The van der Waals surface area contributed by atoms with Crippen molar-refractivity contribution in [3.05, 3.63) is 0 Å². The van der Waals surface area contributed by atoms with Crippen molar-refractivity contribution in [1.29, 1.82) is 0 Å². The molecule has 56 valence electrons. The summed E-state index contributed by atoms with van der Waals surface area (Å²) in [5.41, 5.74) is 0. The van der Waals surface area contributed by atoms with E-state index in [0.29, 0.717) is 0 Å². The van der Waals surface area contributed by atoms with Crippen molar-refractivity contribution in [1.82, 2.24) is 0 Å². The van der Waals surface area contributed by atoms with Crippen LogP contribution in [0.15, 0.2) is 0 Å². The van der Waals surface area contributed by atoms with Gasteiger partial charge in [-0.15, -0.1) is 4.05 Å². The zero-order valence-corrected chi connectivity index (χ0v) is 9.94.